The summed E-state index contributed by atoms with van der Waals surface area (Å²) in [5, 5.41) is 1.02. The van der Waals surface area contributed by atoms with Gasteiger partial charge in [0.2, 0.25) is 0 Å². The molecular formula is C30H38N2O5. The van der Waals surface area contributed by atoms with Gasteiger partial charge in [0.15, 0.2) is 6.10 Å². The van der Waals surface area contributed by atoms with Crippen molar-refractivity contribution in [2.75, 3.05) is 31.7 Å². The minimum absolute atomic E-state index is 0.139. The Balaban J connectivity index is 2.10. The number of benzene rings is 2. The number of carbonyl (C=O) groups is 2. The predicted molar refractivity (Wildman–Crippen MR) is 146 cm³/mol. The van der Waals surface area contributed by atoms with Crippen LogP contribution in [0.2, 0.25) is 0 Å². The molecule has 3 aromatic rings. The average Bonchev–Trinajstić information content (AvgIpc) is 3.16. The van der Waals surface area contributed by atoms with Crippen molar-refractivity contribution >= 4 is 28.5 Å². The topological polar surface area (TPSA) is 70.0 Å². The second-order valence-electron chi connectivity index (χ2n) is 10.7. The fraction of sp³-hybridized carbons (Fsp3) is 0.467. The summed E-state index contributed by atoms with van der Waals surface area (Å²) in [7, 11) is 1.39. The lowest BCUT2D eigenvalue weighted by molar-refractivity contribution is -0.164. The first-order chi connectivity index (χ1) is 17.5. The first-order valence-electron chi connectivity index (χ1n) is 12.9. The highest BCUT2D eigenvalue weighted by Crippen LogP contribution is 2.48. The number of methoxy groups -OCH3 is 1. The van der Waals surface area contributed by atoms with Crippen molar-refractivity contribution in [1.29, 1.82) is 0 Å². The molecule has 37 heavy (non-hydrogen) atoms. The maximum Gasteiger partial charge on any atom is 0.339 e. The molecule has 0 radical (unpaired) electrons. The number of hydrogen-bond acceptors (Lipinski definition) is 6. The van der Waals surface area contributed by atoms with Crippen LogP contribution in [0.15, 0.2) is 30.3 Å². The lowest BCUT2D eigenvalue weighted by atomic mass is 9.87. The molecule has 1 aromatic heterocycles. The van der Waals surface area contributed by atoms with E-state index in [9.17, 15) is 9.59 Å². The number of ether oxygens (including phenoxy) is 3. The number of hydrogen-bond donors (Lipinski definition) is 0. The van der Waals surface area contributed by atoms with Gasteiger partial charge in [-0.15, -0.1) is 0 Å². The third kappa shape index (κ3) is 5.10. The Kier molecular flexibility index (Phi) is 7.38. The predicted octanol–water partition coefficient (Wildman–Crippen LogP) is 5.65. The molecule has 0 saturated carbocycles. The molecule has 0 amide bonds. The minimum Gasteiger partial charge on any atom is -0.467 e. The summed E-state index contributed by atoms with van der Waals surface area (Å²) in [4.78, 5) is 27.9. The fourth-order valence-electron chi connectivity index (χ4n) is 5.33. The summed E-state index contributed by atoms with van der Waals surface area (Å²) in [6.45, 7) is 15.7. The van der Waals surface area contributed by atoms with Crippen LogP contribution >= 0.6 is 0 Å². The molecule has 0 saturated heterocycles. The number of esters is 2. The van der Waals surface area contributed by atoms with Crippen LogP contribution < -0.4 is 4.90 Å². The summed E-state index contributed by atoms with van der Waals surface area (Å²) in [6.07, 6.45) is -0.947. The van der Waals surface area contributed by atoms with Gasteiger partial charge in [0.25, 0.3) is 0 Å². The van der Waals surface area contributed by atoms with E-state index in [2.05, 4.69) is 53.6 Å². The smallest absolute Gasteiger partial charge is 0.339 e. The molecule has 198 valence electrons. The van der Waals surface area contributed by atoms with Crippen LogP contribution in [0, 0.1) is 20.8 Å². The Morgan fingerprint density at radius 2 is 1.73 bits per heavy atom. The molecule has 0 spiro atoms. The molecule has 0 N–H and O–H groups in total. The Morgan fingerprint density at radius 3 is 2.32 bits per heavy atom. The zero-order chi connectivity index (χ0) is 27.1. The van der Waals surface area contributed by atoms with Crippen molar-refractivity contribution < 1.29 is 23.8 Å². The van der Waals surface area contributed by atoms with Gasteiger partial charge in [0.1, 0.15) is 6.54 Å². The molecule has 1 aliphatic rings. The molecule has 4 rings (SSSR count). The van der Waals surface area contributed by atoms with E-state index in [1.54, 1.807) is 0 Å². The van der Waals surface area contributed by atoms with E-state index in [1.165, 1.54) is 7.11 Å². The van der Waals surface area contributed by atoms with Crippen molar-refractivity contribution in [3.63, 3.8) is 0 Å². The van der Waals surface area contributed by atoms with Crippen molar-refractivity contribution in [3.05, 3.63) is 52.7 Å². The second-order valence-corrected chi connectivity index (χ2v) is 10.7. The monoisotopic (exact) mass is 506 g/mol. The average molecular weight is 507 g/mol. The second kappa shape index (κ2) is 10.2. The van der Waals surface area contributed by atoms with Crippen LogP contribution in [0.4, 0.5) is 5.69 Å². The Bertz CT molecular complexity index is 1330. The van der Waals surface area contributed by atoms with Gasteiger partial charge >= 0.3 is 11.9 Å². The van der Waals surface area contributed by atoms with Gasteiger partial charge in [0, 0.05) is 29.7 Å². The van der Waals surface area contributed by atoms with Crippen LogP contribution in [0.25, 0.3) is 22.0 Å². The number of aryl methyl sites for hydroxylation is 2. The third-order valence-electron chi connectivity index (χ3n) is 6.85. The van der Waals surface area contributed by atoms with Gasteiger partial charge in [-0.3, -0.25) is 4.79 Å². The highest BCUT2D eigenvalue weighted by atomic mass is 16.6. The first-order valence-corrected chi connectivity index (χ1v) is 12.9. The minimum atomic E-state index is -0.947. The van der Waals surface area contributed by atoms with Crippen molar-refractivity contribution in [2.24, 2.45) is 0 Å². The maximum absolute atomic E-state index is 13.3. The van der Waals surface area contributed by atoms with Crippen LogP contribution in [0.1, 0.15) is 56.2 Å². The number of nitrogens with zero attached hydrogens (tertiary/aromatic N) is 2. The van der Waals surface area contributed by atoms with Crippen molar-refractivity contribution in [3.8, 4) is 11.1 Å². The maximum atomic E-state index is 13.3. The molecule has 0 unspecified atom stereocenters. The third-order valence-corrected chi connectivity index (χ3v) is 6.85. The van der Waals surface area contributed by atoms with Crippen LogP contribution in [-0.2, 0) is 30.3 Å². The van der Waals surface area contributed by atoms with E-state index in [-0.39, 0.29) is 12.5 Å². The van der Waals surface area contributed by atoms with E-state index in [0.717, 1.165) is 56.6 Å². The van der Waals surface area contributed by atoms with Crippen molar-refractivity contribution in [1.82, 2.24) is 4.57 Å². The van der Waals surface area contributed by atoms with E-state index >= 15 is 0 Å². The molecule has 7 nitrogen and oxygen atoms in total. The first kappa shape index (κ1) is 26.7. The van der Waals surface area contributed by atoms with Crippen LogP contribution in [-0.4, -0.2) is 48.9 Å². The van der Waals surface area contributed by atoms with Gasteiger partial charge in [-0.05, 0) is 71.2 Å². The van der Waals surface area contributed by atoms with E-state index in [1.807, 2.05) is 34.6 Å². The molecule has 0 bridgehead atoms. The van der Waals surface area contributed by atoms with Gasteiger partial charge < -0.3 is 23.7 Å². The largest absolute Gasteiger partial charge is 0.467 e. The quantitative estimate of drug-likeness (QED) is 0.386. The zero-order valence-corrected chi connectivity index (χ0v) is 23.2. The highest BCUT2D eigenvalue weighted by Gasteiger charge is 2.36. The Morgan fingerprint density at radius 1 is 1.05 bits per heavy atom. The van der Waals surface area contributed by atoms with Gasteiger partial charge in [-0.1, -0.05) is 29.8 Å². The van der Waals surface area contributed by atoms with E-state index in [4.69, 9.17) is 14.2 Å². The number of carbonyl (C=O) groups excluding carboxylic acids is 2. The van der Waals surface area contributed by atoms with Gasteiger partial charge in [-0.25, -0.2) is 4.79 Å². The lowest BCUT2D eigenvalue weighted by Crippen LogP contribution is -2.38. The number of anilines is 1. The summed E-state index contributed by atoms with van der Waals surface area (Å²) < 4.78 is 19.3. The SMILES string of the molecule is CCOC(=O)CN1CCn2c(C)cc3c(-c4ccc(C)cc4)c([C@H](OC(C)(C)C)C(=O)OC)c(C)c1c32. The summed E-state index contributed by atoms with van der Waals surface area (Å²) in [5.41, 5.74) is 7.28. The fourth-order valence-corrected chi connectivity index (χ4v) is 5.33. The Hall–Kier alpha value is -3.32. The normalized spacial score (nSPS) is 14.1. The van der Waals surface area contributed by atoms with Crippen molar-refractivity contribution in [2.45, 2.75) is 66.7 Å². The molecule has 1 aliphatic heterocycles. The van der Waals surface area contributed by atoms with Gasteiger partial charge in [0.05, 0.1) is 30.5 Å². The van der Waals surface area contributed by atoms with Crippen LogP contribution in [0.5, 0.6) is 0 Å². The van der Waals surface area contributed by atoms with Gasteiger partial charge in [-0.2, -0.15) is 0 Å². The molecular weight excluding hydrogens is 468 g/mol. The molecule has 0 aliphatic carbocycles. The molecule has 1 atom stereocenters. The van der Waals surface area contributed by atoms with E-state index < -0.39 is 17.7 Å². The lowest BCUT2D eigenvalue weighted by Gasteiger charge is -2.35. The Labute approximate surface area is 219 Å². The molecule has 2 aromatic carbocycles. The molecule has 0 fully saturated rings. The summed E-state index contributed by atoms with van der Waals surface area (Å²) >= 11 is 0. The summed E-state index contributed by atoms with van der Waals surface area (Å²) in [5.74, 6) is -0.728. The standard InChI is InChI=1S/C30H38N2O5/c1-9-36-23(33)17-31-14-15-32-19(3)16-22-25(21-12-10-18(2)11-13-21)24(20(4)26(31)27(22)32)28(29(34)35-8)37-30(5,6)7/h10-13,16,28H,9,14-15,17H2,1-8H3/t28-/m0/s1. The molecule has 7 heteroatoms. The summed E-state index contributed by atoms with van der Waals surface area (Å²) in [6, 6.07) is 10.5. The zero-order valence-electron chi connectivity index (χ0n) is 23.2. The molecule has 2 heterocycles. The van der Waals surface area contributed by atoms with E-state index in [0.29, 0.717) is 13.2 Å². The van der Waals surface area contributed by atoms with Crippen LogP contribution in [0.3, 0.4) is 0 Å². The number of rotatable bonds is 7. The highest BCUT2D eigenvalue weighted by molar-refractivity contribution is 6.08. The number of aromatic nitrogens is 1.